The smallest absolute Gasteiger partial charge is 0.242 e. The summed E-state index contributed by atoms with van der Waals surface area (Å²) >= 11 is 7.56. The van der Waals surface area contributed by atoms with Crippen LogP contribution in [0.25, 0.3) is 0 Å². The van der Waals surface area contributed by atoms with Crippen LogP contribution in [0.5, 0.6) is 0 Å². The Morgan fingerprint density at radius 2 is 1.50 bits per heavy atom. The Kier molecular flexibility index (Phi) is 9.20. The van der Waals surface area contributed by atoms with Gasteiger partial charge in [-0.05, 0) is 35.4 Å². The molecule has 0 fully saturated rings. The zero-order valence-electron chi connectivity index (χ0n) is 18.0. The van der Waals surface area contributed by atoms with Crippen molar-refractivity contribution in [1.29, 1.82) is 0 Å². The van der Waals surface area contributed by atoms with Gasteiger partial charge in [-0.15, -0.1) is 11.8 Å². The number of rotatable bonds is 10. The molecular weight excluding hydrogens is 440 g/mol. The molecule has 2 amide bonds. The predicted octanol–water partition coefficient (Wildman–Crippen LogP) is 5.21. The maximum Gasteiger partial charge on any atom is 0.242 e. The number of amides is 2. The van der Waals surface area contributed by atoms with Gasteiger partial charge in [0.2, 0.25) is 11.8 Å². The lowest BCUT2D eigenvalue weighted by Gasteiger charge is -2.31. The molecular formula is C26H27ClN2O2S. The zero-order chi connectivity index (χ0) is 22.8. The first-order chi connectivity index (χ1) is 15.6. The summed E-state index contributed by atoms with van der Waals surface area (Å²) in [6, 6.07) is 26.6. The van der Waals surface area contributed by atoms with Crippen LogP contribution < -0.4 is 5.32 Å². The number of likely N-dealkylation sites (N-methyl/N-ethyl adjacent to an activating group) is 1. The molecule has 0 spiro atoms. The summed E-state index contributed by atoms with van der Waals surface area (Å²) in [7, 11) is 1.61. The summed E-state index contributed by atoms with van der Waals surface area (Å²) in [5.41, 5.74) is 2.01. The molecule has 3 aromatic rings. The molecule has 3 rings (SSSR count). The Labute approximate surface area is 199 Å². The fourth-order valence-corrected chi connectivity index (χ4v) is 4.40. The molecule has 32 heavy (non-hydrogen) atoms. The van der Waals surface area contributed by atoms with Crippen molar-refractivity contribution in [3.05, 3.63) is 101 Å². The highest BCUT2D eigenvalue weighted by Gasteiger charge is 2.29. The number of thioether (sulfide) groups is 1. The molecule has 1 unspecified atom stereocenters. The molecule has 0 aliphatic rings. The molecule has 0 bridgehead atoms. The van der Waals surface area contributed by atoms with E-state index in [-0.39, 0.29) is 11.8 Å². The minimum Gasteiger partial charge on any atom is -0.357 e. The van der Waals surface area contributed by atoms with E-state index in [0.29, 0.717) is 30.2 Å². The Hall–Kier alpha value is -2.76. The molecule has 0 radical (unpaired) electrons. The zero-order valence-corrected chi connectivity index (χ0v) is 19.6. The van der Waals surface area contributed by atoms with Gasteiger partial charge in [-0.2, -0.15) is 0 Å². The first-order valence-corrected chi connectivity index (χ1v) is 11.9. The molecule has 3 aromatic carbocycles. The standard InChI is InChI=1S/C26H27ClN2O2S/c1-28-26(31)24(18-20-8-4-2-5-9-20)29(19-21-10-6-3-7-11-21)25(30)16-17-32-23-14-12-22(27)13-15-23/h2-15,24H,16-19H2,1H3,(H,28,31). The Balaban J connectivity index is 1.77. The second kappa shape index (κ2) is 12.3. The van der Waals surface area contributed by atoms with Crippen LogP contribution in [-0.2, 0) is 22.6 Å². The summed E-state index contributed by atoms with van der Waals surface area (Å²) in [6.07, 6.45) is 0.797. The van der Waals surface area contributed by atoms with Crippen LogP contribution in [0, 0.1) is 0 Å². The van der Waals surface area contributed by atoms with E-state index in [1.165, 1.54) is 0 Å². The summed E-state index contributed by atoms with van der Waals surface area (Å²) in [5.74, 6) is 0.417. The van der Waals surface area contributed by atoms with E-state index in [4.69, 9.17) is 11.6 Å². The van der Waals surface area contributed by atoms with Crippen LogP contribution in [-0.4, -0.2) is 35.6 Å². The molecule has 6 heteroatoms. The molecule has 4 nitrogen and oxygen atoms in total. The van der Waals surface area contributed by atoms with Gasteiger partial charge in [0.25, 0.3) is 0 Å². The van der Waals surface area contributed by atoms with Crippen molar-refractivity contribution < 1.29 is 9.59 Å². The number of nitrogens with zero attached hydrogens (tertiary/aromatic N) is 1. The fourth-order valence-electron chi connectivity index (χ4n) is 3.43. The average molecular weight is 467 g/mol. The quantitative estimate of drug-likeness (QED) is 0.417. The van der Waals surface area contributed by atoms with Crippen LogP contribution in [0.1, 0.15) is 17.5 Å². The Morgan fingerprint density at radius 3 is 2.09 bits per heavy atom. The number of hydrogen-bond donors (Lipinski definition) is 1. The van der Waals surface area contributed by atoms with Gasteiger partial charge < -0.3 is 10.2 Å². The third kappa shape index (κ3) is 7.14. The van der Waals surface area contributed by atoms with Crippen molar-refractivity contribution in [1.82, 2.24) is 10.2 Å². The van der Waals surface area contributed by atoms with E-state index in [9.17, 15) is 9.59 Å². The number of carbonyl (C=O) groups is 2. The topological polar surface area (TPSA) is 49.4 Å². The highest BCUT2D eigenvalue weighted by molar-refractivity contribution is 7.99. The van der Waals surface area contributed by atoms with Crippen molar-refractivity contribution >= 4 is 35.2 Å². The average Bonchev–Trinajstić information content (AvgIpc) is 2.83. The normalized spacial score (nSPS) is 11.6. The lowest BCUT2D eigenvalue weighted by molar-refractivity contribution is -0.140. The minimum atomic E-state index is -0.587. The van der Waals surface area contributed by atoms with Crippen molar-refractivity contribution in [2.75, 3.05) is 12.8 Å². The van der Waals surface area contributed by atoms with Crippen LogP contribution in [0.3, 0.4) is 0 Å². The first-order valence-electron chi connectivity index (χ1n) is 10.5. The first kappa shape index (κ1) is 23.9. The SMILES string of the molecule is CNC(=O)C(Cc1ccccc1)N(Cc1ccccc1)C(=O)CCSc1ccc(Cl)cc1. The maximum absolute atomic E-state index is 13.4. The molecule has 166 valence electrons. The molecule has 0 saturated carbocycles. The van der Waals surface area contributed by atoms with Gasteiger partial charge in [-0.1, -0.05) is 72.3 Å². The summed E-state index contributed by atoms with van der Waals surface area (Å²) < 4.78 is 0. The molecule has 0 aliphatic heterocycles. The summed E-state index contributed by atoms with van der Waals surface area (Å²) in [6.45, 7) is 0.385. The van der Waals surface area contributed by atoms with E-state index in [1.807, 2.05) is 84.9 Å². The third-order valence-corrected chi connectivity index (χ3v) is 6.38. The molecule has 1 N–H and O–H groups in total. The van der Waals surface area contributed by atoms with Gasteiger partial charge in [0.05, 0.1) is 0 Å². The summed E-state index contributed by atoms with van der Waals surface area (Å²) in [5, 5.41) is 3.43. The maximum atomic E-state index is 13.4. The number of nitrogens with one attached hydrogen (secondary N) is 1. The van der Waals surface area contributed by atoms with Crippen molar-refractivity contribution in [2.24, 2.45) is 0 Å². The third-order valence-electron chi connectivity index (χ3n) is 5.11. The molecule has 0 saturated heterocycles. The summed E-state index contributed by atoms with van der Waals surface area (Å²) in [4.78, 5) is 29.0. The predicted molar refractivity (Wildman–Crippen MR) is 132 cm³/mol. The van der Waals surface area contributed by atoms with Gasteiger partial charge in [0, 0.05) is 42.1 Å². The molecule has 0 aromatic heterocycles. The van der Waals surface area contributed by atoms with Crippen LogP contribution in [0.15, 0.2) is 89.8 Å². The number of benzene rings is 3. The van der Waals surface area contributed by atoms with Crippen molar-refractivity contribution in [3.8, 4) is 0 Å². The fraction of sp³-hybridized carbons (Fsp3) is 0.231. The number of halogens is 1. The van der Waals surface area contributed by atoms with Gasteiger partial charge >= 0.3 is 0 Å². The highest BCUT2D eigenvalue weighted by atomic mass is 35.5. The van der Waals surface area contributed by atoms with Crippen LogP contribution in [0.2, 0.25) is 5.02 Å². The van der Waals surface area contributed by atoms with Gasteiger partial charge in [-0.3, -0.25) is 9.59 Å². The van der Waals surface area contributed by atoms with Crippen LogP contribution >= 0.6 is 23.4 Å². The Bertz CT molecular complexity index is 997. The van der Waals surface area contributed by atoms with Crippen molar-refractivity contribution in [2.45, 2.75) is 30.3 Å². The highest BCUT2D eigenvalue weighted by Crippen LogP contribution is 2.22. The number of hydrogen-bond acceptors (Lipinski definition) is 3. The second-order valence-electron chi connectivity index (χ2n) is 7.38. The second-order valence-corrected chi connectivity index (χ2v) is 8.98. The van der Waals surface area contributed by atoms with Gasteiger partial charge in [-0.25, -0.2) is 0 Å². The lowest BCUT2D eigenvalue weighted by atomic mass is 10.0. The molecule has 1 atom stereocenters. The van der Waals surface area contributed by atoms with E-state index < -0.39 is 6.04 Å². The van der Waals surface area contributed by atoms with Gasteiger partial charge in [0.1, 0.15) is 6.04 Å². The molecule has 0 heterocycles. The van der Waals surface area contributed by atoms with E-state index in [2.05, 4.69) is 5.32 Å². The van der Waals surface area contributed by atoms with E-state index >= 15 is 0 Å². The largest absolute Gasteiger partial charge is 0.357 e. The van der Waals surface area contributed by atoms with E-state index in [0.717, 1.165) is 16.0 Å². The number of carbonyl (C=O) groups excluding carboxylic acids is 2. The minimum absolute atomic E-state index is 0.0418. The molecule has 0 aliphatic carbocycles. The van der Waals surface area contributed by atoms with E-state index in [1.54, 1.807) is 23.7 Å². The lowest BCUT2D eigenvalue weighted by Crippen LogP contribution is -2.49. The Morgan fingerprint density at radius 1 is 0.906 bits per heavy atom. The van der Waals surface area contributed by atoms with Crippen LogP contribution in [0.4, 0.5) is 0 Å². The van der Waals surface area contributed by atoms with Crippen molar-refractivity contribution in [3.63, 3.8) is 0 Å². The monoisotopic (exact) mass is 466 g/mol. The van der Waals surface area contributed by atoms with Gasteiger partial charge in [0.15, 0.2) is 0 Å².